The molecule has 0 radical (unpaired) electrons. The van der Waals surface area contributed by atoms with Crippen molar-refractivity contribution in [3.05, 3.63) is 65.0 Å². The van der Waals surface area contributed by atoms with E-state index < -0.39 is 13.0 Å². The number of nitrogen functional groups attached to an aromatic ring is 1. The molecule has 0 aliphatic heterocycles. The van der Waals surface area contributed by atoms with Gasteiger partial charge in [0.15, 0.2) is 0 Å². The first kappa shape index (κ1) is 25.2. The van der Waals surface area contributed by atoms with Crippen LogP contribution in [-0.2, 0) is 11.1 Å². The zero-order valence-electron chi connectivity index (χ0n) is 19.8. The highest BCUT2D eigenvalue weighted by atomic mass is 32.1. The van der Waals surface area contributed by atoms with Gasteiger partial charge < -0.3 is 21.3 Å². The number of anilines is 1. The van der Waals surface area contributed by atoms with Crippen LogP contribution in [0.25, 0.3) is 21.6 Å². The minimum atomic E-state index is -2.24. The van der Waals surface area contributed by atoms with E-state index in [9.17, 15) is 9.36 Å². The Bertz CT molecular complexity index is 1140. The third-order valence-electron chi connectivity index (χ3n) is 6.21. The van der Waals surface area contributed by atoms with Gasteiger partial charge in [-0.05, 0) is 52.4 Å². The molecule has 3 aromatic rings. The summed E-state index contributed by atoms with van der Waals surface area (Å²) in [6.45, 7) is 9.46. The molecule has 0 unspecified atom stereocenters. The molecule has 0 spiro atoms. The highest BCUT2D eigenvalue weighted by molar-refractivity contribution is 7.65. The molecule has 1 heterocycles. The normalized spacial score (nSPS) is 11.9. The Labute approximate surface area is 201 Å². The molecule has 7 heteroatoms. The van der Waals surface area contributed by atoms with Gasteiger partial charge in [0.05, 0.1) is 7.14 Å². The summed E-state index contributed by atoms with van der Waals surface area (Å²) in [4.78, 5) is 13.3. The van der Waals surface area contributed by atoms with Crippen molar-refractivity contribution in [1.82, 2.24) is 5.32 Å². The smallest absolute Gasteiger partial charge is 0.249 e. The summed E-state index contributed by atoms with van der Waals surface area (Å²) in [5, 5.41) is 5.46. The van der Waals surface area contributed by atoms with Crippen molar-refractivity contribution in [3.8, 4) is 21.6 Å². The molecule has 0 aliphatic rings. The van der Waals surface area contributed by atoms with E-state index in [4.69, 9.17) is 11.5 Å². The maximum absolute atomic E-state index is 13.2. The lowest BCUT2D eigenvalue weighted by molar-refractivity contribution is 0.100. The zero-order valence-corrected chi connectivity index (χ0v) is 21.5. The van der Waals surface area contributed by atoms with Crippen LogP contribution in [0.2, 0.25) is 0 Å². The second-order valence-electron chi connectivity index (χ2n) is 8.97. The third kappa shape index (κ3) is 5.75. The first-order valence-electron chi connectivity index (χ1n) is 11.3. The summed E-state index contributed by atoms with van der Waals surface area (Å²) < 4.78 is 13.2. The molecule has 33 heavy (non-hydrogen) atoms. The lowest BCUT2D eigenvalue weighted by atomic mass is 9.94. The predicted octanol–water partition coefficient (Wildman–Crippen LogP) is 6.03. The van der Waals surface area contributed by atoms with E-state index in [0.29, 0.717) is 30.5 Å². The van der Waals surface area contributed by atoms with Crippen LogP contribution in [0.4, 0.5) is 5.69 Å². The number of hydrogen-bond acceptors (Lipinski definition) is 5. The van der Waals surface area contributed by atoms with Crippen molar-refractivity contribution in [2.24, 2.45) is 5.73 Å². The van der Waals surface area contributed by atoms with E-state index in [1.807, 2.05) is 69.5 Å². The molecule has 3 rings (SSSR count). The topological polar surface area (TPSA) is 98.2 Å². The fourth-order valence-electron chi connectivity index (χ4n) is 4.12. The standard InChI is InChI=1S/C26H34N3O2PS/c1-17(2)32(31,18(3)4)12-11-29-16-19-7-9-21(26(28)30)22(14-19)23-15-20(8-10-24(23)27)25-6-5-13-33-25/h5-10,13-15,17-18,29H,11-12,16,27H2,1-4H3,(H2,28,30). The summed E-state index contributed by atoms with van der Waals surface area (Å²) in [6, 6.07) is 15.6. The number of benzene rings is 2. The van der Waals surface area contributed by atoms with Crippen LogP contribution in [0.1, 0.15) is 43.6 Å². The molecular weight excluding hydrogens is 449 g/mol. The van der Waals surface area contributed by atoms with Crippen LogP contribution < -0.4 is 16.8 Å². The third-order valence-corrected chi connectivity index (χ3v) is 11.6. The van der Waals surface area contributed by atoms with Crippen LogP contribution in [-0.4, -0.2) is 29.9 Å². The van der Waals surface area contributed by atoms with Crippen molar-refractivity contribution in [2.45, 2.75) is 45.6 Å². The molecule has 5 N–H and O–H groups in total. The van der Waals surface area contributed by atoms with Gasteiger partial charge in [0, 0.05) is 52.3 Å². The number of nitrogens with one attached hydrogen (secondary N) is 1. The van der Waals surface area contributed by atoms with Gasteiger partial charge in [0.25, 0.3) is 0 Å². The Morgan fingerprint density at radius 2 is 1.76 bits per heavy atom. The van der Waals surface area contributed by atoms with Gasteiger partial charge in [0.2, 0.25) is 5.91 Å². The van der Waals surface area contributed by atoms with E-state index in [1.54, 1.807) is 17.4 Å². The minimum absolute atomic E-state index is 0.180. The summed E-state index contributed by atoms with van der Waals surface area (Å²) in [5.41, 5.74) is 17.0. The molecular formula is C26H34N3O2PS. The van der Waals surface area contributed by atoms with Gasteiger partial charge in [-0.1, -0.05) is 45.9 Å². The predicted molar refractivity (Wildman–Crippen MR) is 143 cm³/mol. The van der Waals surface area contributed by atoms with Crippen LogP contribution >= 0.6 is 18.5 Å². The molecule has 0 fully saturated rings. The van der Waals surface area contributed by atoms with Gasteiger partial charge in [-0.25, -0.2) is 0 Å². The Kier molecular flexibility index (Phi) is 8.17. The molecule has 5 nitrogen and oxygen atoms in total. The minimum Gasteiger partial charge on any atom is -0.398 e. The maximum atomic E-state index is 13.2. The molecule has 176 valence electrons. The van der Waals surface area contributed by atoms with Gasteiger partial charge in [-0.15, -0.1) is 11.3 Å². The summed E-state index contributed by atoms with van der Waals surface area (Å²) in [6.07, 6.45) is 0.671. The lowest BCUT2D eigenvalue weighted by Crippen LogP contribution is -2.22. The SMILES string of the molecule is CC(C)P(=O)(CCNCc1ccc(C(N)=O)c(-c2cc(-c3cccs3)ccc2N)c1)C(C)C. The number of rotatable bonds is 10. The lowest BCUT2D eigenvalue weighted by Gasteiger charge is -2.26. The highest BCUT2D eigenvalue weighted by Crippen LogP contribution is 2.54. The molecule has 0 saturated heterocycles. The number of thiophene rings is 1. The number of primary amides is 1. The number of amides is 1. The van der Waals surface area contributed by atoms with Gasteiger partial charge in [-0.2, -0.15) is 0 Å². The Morgan fingerprint density at radius 3 is 2.36 bits per heavy atom. The second kappa shape index (κ2) is 10.7. The monoisotopic (exact) mass is 483 g/mol. The first-order chi connectivity index (χ1) is 15.6. The average molecular weight is 484 g/mol. The molecule has 2 aromatic carbocycles. The maximum Gasteiger partial charge on any atom is 0.249 e. The second-order valence-corrected chi connectivity index (χ2v) is 14.1. The summed E-state index contributed by atoms with van der Waals surface area (Å²) in [5.74, 6) is -0.486. The number of carbonyl (C=O) groups is 1. The molecule has 0 aliphatic carbocycles. The molecule has 0 bridgehead atoms. The van der Waals surface area contributed by atoms with Gasteiger partial charge in [0.1, 0.15) is 0 Å². The van der Waals surface area contributed by atoms with Crippen LogP contribution in [0.3, 0.4) is 0 Å². The van der Waals surface area contributed by atoms with Crippen LogP contribution in [0, 0.1) is 0 Å². The number of carbonyl (C=O) groups excluding carboxylic acids is 1. The number of hydrogen-bond donors (Lipinski definition) is 3. The van der Waals surface area contributed by atoms with Crippen molar-refractivity contribution in [1.29, 1.82) is 0 Å². The summed E-state index contributed by atoms with van der Waals surface area (Å²) in [7, 11) is -2.24. The van der Waals surface area contributed by atoms with Gasteiger partial charge in [-0.3, -0.25) is 4.79 Å². The fourth-order valence-corrected chi connectivity index (χ4v) is 7.58. The van der Waals surface area contributed by atoms with E-state index in [-0.39, 0.29) is 11.3 Å². The van der Waals surface area contributed by atoms with E-state index in [0.717, 1.165) is 27.1 Å². The molecule has 1 amide bonds. The average Bonchev–Trinajstić information content (AvgIpc) is 3.31. The molecule has 0 saturated carbocycles. The fraction of sp³-hybridized carbons (Fsp3) is 0.346. The molecule has 0 atom stereocenters. The summed E-state index contributed by atoms with van der Waals surface area (Å²) >= 11 is 1.65. The van der Waals surface area contributed by atoms with Crippen molar-refractivity contribution >= 4 is 30.1 Å². The van der Waals surface area contributed by atoms with Crippen molar-refractivity contribution in [2.75, 3.05) is 18.4 Å². The van der Waals surface area contributed by atoms with Gasteiger partial charge >= 0.3 is 0 Å². The van der Waals surface area contributed by atoms with E-state index >= 15 is 0 Å². The Hall–Kier alpha value is -2.40. The zero-order chi connectivity index (χ0) is 24.2. The number of nitrogens with two attached hydrogens (primary N) is 2. The van der Waals surface area contributed by atoms with Crippen molar-refractivity contribution < 1.29 is 9.36 Å². The highest BCUT2D eigenvalue weighted by Gasteiger charge is 2.29. The van der Waals surface area contributed by atoms with E-state index in [1.165, 1.54) is 0 Å². The molecule has 1 aromatic heterocycles. The van der Waals surface area contributed by atoms with E-state index in [2.05, 4.69) is 11.4 Å². The first-order valence-corrected chi connectivity index (χ1v) is 14.2. The largest absolute Gasteiger partial charge is 0.398 e. The van der Waals surface area contributed by atoms with Crippen molar-refractivity contribution in [3.63, 3.8) is 0 Å². The quantitative estimate of drug-likeness (QED) is 0.186. The van der Waals surface area contributed by atoms with Crippen LogP contribution in [0.5, 0.6) is 0 Å². The Balaban J connectivity index is 1.85. The Morgan fingerprint density at radius 1 is 1.03 bits per heavy atom. The van der Waals surface area contributed by atoms with Crippen LogP contribution in [0.15, 0.2) is 53.9 Å².